The number of ether oxygens (including phenoxy) is 3. The molecule has 1 saturated heterocycles. The molecule has 2 aromatic carbocycles. The monoisotopic (exact) mass is 417 g/mol. The Morgan fingerprint density at radius 3 is 2.88 bits per heavy atom. The molecule has 0 bridgehead atoms. The molecule has 4 nitrogen and oxygen atoms in total. The van der Waals surface area contributed by atoms with E-state index in [-0.39, 0.29) is 12.1 Å². The number of fused-ring (bicyclic) bond motifs is 3. The highest BCUT2D eigenvalue weighted by atomic mass is 79.9. The second-order valence-corrected chi connectivity index (χ2v) is 7.71. The second-order valence-electron chi connectivity index (χ2n) is 6.79. The van der Waals surface area contributed by atoms with Gasteiger partial charge in [-0.2, -0.15) is 0 Å². The molecule has 1 fully saturated rings. The Morgan fingerprint density at radius 2 is 2.08 bits per heavy atom. The van der Waals surface area contributed by atoms with Gasteiger partial charge in [-0.05, 0) is 55.7 Å². The van der Waals surface area contributed by atoms with E-state index in [0.717, 1.165) is 41.1 Å². The summed E-state index contributed by atoms with van der Waals surface area (Å²) in [5.74, 6) is 1.96. The molecule has 0 radical (unpaired) electrons. The minimum Gasteiger partial charge on any atom is -0.493 e. The van der Waals surface area contributed by atoms with E-state index in [2.05, 4.69) is 51.6 Å². The zero-order valence-corrected chi connectivity index (χ0v) is 16.7. The van der Waals surface area contributed by atoms with E-state index in [1.807, 2.05) is 13.0 Å². The quantitative estimate of drug-likeness (QED) is 0.713. The molecule has 3 atom stereocenters. The molecular formula is C21H24BrNO3. The number of nitrogens with one attached hydrogen (secondary N) is 1. The van der Waals surface area contributed by atoms with Crippen molar-refractivity contribution in [1.82, 2.24) is 0 Å². The van der Waals surface area contributed by atoms with Crippen molar-refractivity contribution in [1.29, 1.82) is 0 Å². The van der Waals surface area contributed by atoms with Crippen LogP contribution >= 0.6 is 15.9 Å². The van der Waals surface area contributed by atoms with Crippen LogP contribution in [0.15, 0.2) is 40.9 Å². The molecule has 2 heterocycles. The largest absolute Gasteiger partial charge is 0.493 e. The van der Waals surface area contributed by atoms with Crippen molar-refractivity contribution >= 4 is 21.6 Å². The lowest BCUT2D eigenvalue weighted by Gasteiger charge is -2.43. The van der Waals surface area contributed by atoms with Crippen molar-refractivity contribution in [2.24, 2.45) is 5.92 Å². The van der Waals surface area contributed by atoms with Crippen molar-refractivity contribution in [2.45, 2.75) is 31.9 Å². The summed E-state index contributed by atoms with van der Waals surface area (Å²) in [5.41, 5.74) is 3.61. The van der Waals surface area contributed by atoms with E-state index in [1.165, 1.54) is 11.1 Å². The molecule has 2 aromatic rings. The second kappa shape index (κ2) is 7.49. The summed E-state index contributed by atoms with van der Waals surface area (Å²) in [6.45, 7) is 3.43. The summed E-state index contributed by atoms with van der Waals surface area (Å²) in [7, 11) is 1.68. The average Bonchev–Trinajstić information content (AvgIpc) is 2.68. The maximum atomic E-state index is 6.22. The predicted molar refractivity (Wildman–Crippen MR) is 106 cm³/mol. The fraction of sp³-hybridized carbons (Fsp3) is 0.429. The molecule has 0 spiro atoms. The molecule has 0 saturated carbocycles. The summed E-state index contributed by atoms with van der Waals surface area (Å²) >= 11 is 3.60. The van der Waals surface area contributed by atoms with E-state index in [0.29, 0.717) is 12.5 Å². The molecule has 2 aliphatic heterocycles. The van der Waals surface area contributed by atoms with Gasteiger partial charge in [-0.25, -0.2) is 0 Å². The molecule has 1 N–H and O–H groups in total. The molecule has 5 heteroatoms. The van der Waals surface area contributed by atoms with Crippen LogP contribution in [0.4, 0.5) is 5.69 Å². The number of rotatable bonds is 4. The summed E-state index contributed by atoms with van der Waals surface area (Å²) < 4.78 is 18.5. The van der Waals surface area contributed by atoms with Crippen LogP contribution in [-0.2, 0) is 4.74 Å². The molecule has 0 aliphatic carbocycles. The van der Waals surface area contributed by atoms with Gasteiger partial charge in [-0.15, -0.1) is 0 Å². The van der Waals surface area contributed by atoms with E-state index in [1.54, 1.807) is 7.11 Å². The maximum Gasteiger partial charge on any atom is 0.161 e. The van der Waals surface area contributed by atoms with Crippen LogP contribution < -0.4 is 14.8 Å². The number of benzene rings is 2. The van der Waals surface area contributed by atoms with E-state index in [9.17, 15) is 0 Å². The Morgan fingerprint density at radius 1 is 1.19 bits per heavy atom. The molecular weight excluding hydrogens is 394 g/mol. The highest BCUT2D eigenvalue weighted by Crippen LogP contribution is 2.50. The first-order chi connectivity index (χ1) is 12.7. The van der Waals surface area contributed by atoms with Gasteiger partial charge in [0.1, 0.15) is 0 Å². The summed E-state index contributed by atoms with van der Waals surface area (Å²) in [5, 5.41) is 3.75. The van der Waals surface area contributed by atoms with Crippen LogP contribution in [0.2, 0.25) is 0 Å². The van der Waals surface area contributed by atoms with Crippen LogP contribution in [0.3, 0.4) is 0 Å². The van der Waals surface area contributed by atoms with Crippen molar-refractivity contribution in [2.75, 3.05) is 25.6 Å². The van der Waals surface area contributed by atoms with Gasteiger partial charge >= 0.3 is 0 Å². The number of hydrogen-bond donors (Lipinski definition) is 1. The standard InChI is InChI=1S/C21H24BrNO3/c1-3-25-19-11-13(6-9-18(19)24-2)20-15-5-4-10-26-21(15)16-12-14(22)7-8-17(16)23-20/h6-9,11-12,15,20-21,23H,3-5,10H2,1-2H3/t15-,20-,21-/m0/s1. The van der Waals surface area contributed by atoms with Crippen LogP contribution in [-0.4, -0.2) is 20.3 Å². The lowest BCUT2D eigenvalue weighted by Crippen LogP contribution is -2.36. The number of hydrogen-bond acceptors (Lipinski definition) is 4. The minimum absolute atomic E-state index is 0.125. The highest BCUT2D eigenvalue weighted by Gasteiger charge is 2.40. The topological polar surface area (TPSA) is 39.7 Å². The predicted octanol–water partition coefficient (Wildman–Crippen LogP) is 5.49. The first kappa shape index (κ1) is 17.7. The third-order valence-corrected chi connectivity index (χ3v) is 5.77. The molecule has 0 amide bonds. The van der Waals surface area contributed by atoms with Crippen LogP contribution in [0, 0.1) is 5.92 Å². The fourth-order valence-corrected chi connectivity index (χ4v) is 4.51. The molecule has 138 valence electrons. The Balaban J connectivity index is 1.74. The van der Waals surface area contributed by atoms with Crippen molar-refractivity contribution < 1.29 is 14.2 Å². The summed E-state index contributed by atoms with van der Waals surface area (Å²) in [6.07, 6.45) is 2.36. The molecule has 2 aliphatic rings. The van der Waals surface area contributed by atoms with Crippen molar-refractivity contribution in [3.63, 3.8) is 0 Å². The van der Waals surface area contributed by atoms with Gasteiger partial charge < -0.3 is 19.5 Å². The van der Waals surface area contributed by atoms with Crippen molar-refractivity contribution in [3.05, 3.63) is 52.0 Å². The molecule has 4 rings (SSSR count). The van der Waals surface area contributed by atoms with Gasteiger partial charge in [0.15, 0.2) is 11.5 Å². The number of halogens is 1. The van der Waals surface area contributed by atoms with Crippen LogP contribution in [0.5, 0.6) is 11.5 Å². The van der Waals surface area contributed by atoms with Gasteiger partial charge in [0.05, 0.1) is 25.9 Å². The first-order valence-corrected chi connectivity index (χ1v) is 9.99. The van der Waals surface area contributed by atoms with E-state index >= 15 is 0 Å². The van der Waals surface area contributed by atoms with Gasteiger partial charge in [0.2, 0.25) is 0 Å². The molecule has 0 unspecified atom stereocenters. The fourth-order valence-electron chi connectivity index (χ4n) is 4.13. The third kappa shape index (κ3) is 3.19. The summed E-state index contributed by atoms with van der Waals surface area (Å²) in [4.78, 5) is 0. The van der Waals surface area contributed by atoms with Gasteiger partial charge in [-0.3, -0.25) is 0 Å². The lowest BCUT2D eigenvalue weighted by atomic mass is 9.77. The maximum absolute atomic E-state index is 6.22. The van der Waals surface area contributed by atoms with Gasteiger partial charge in [0.25, 0.3) is 0 Å². The Hall–Kier alpha value is -1.72. The van der Waals surface area contributed by atoms with Crippen molar-refractivity contribution in [3.8, 4) is 11.5 Å². The van der Waals surface area contributed by atoms with Crippen LogP contribution in [0.25, 0.3) is 0 Å². The zero-order valence-electron chi connectivity index (χ0n) is 15.1. The Labute approximate surface area is 163 Å². The first-order valence-electron chi connectivity index (χ1n) is 9.19. The lowest BCUT2D eigenvalue weighted by molar-refractivity contribution is -0.0381. The smallest absolute Gasteiger partial charge is 0.161 e. The Bertz CT molecular complexity index is 795. The summed E-state index contributed by atoms with van der Waals surface area (Å²) in [6, 6.07) is 12.8. The normalized spacial score (nSPS) is 24.2. The minimum atomic E-state index is 0.125. The Kier molecular flexibility index (Phi) is 5.09. The SMILES string of the molecule is CCOc1cc([C@@H]2Nc3ccc(Br)cc3[C@H]3OCCC[C@H]32)ccc1OC. The van der Waals surface area contributed by atoms with E-state index in [4.69, 9.17) is 14.2 Å². The van der Waals surface area contributed by atoms with Gasteiger partial charge in [0, 0.05) is 28.2 Å². The highest BCUT2D eigenvalue weighted by molar-refractivity contribution is 9.10. The zero-order chi connectivity index (χ0) is 18.1. The average molecular weight is 418 g/mol. The third-order valence-electron chi connectivity index (χ3n) is 5.27. The van der Waals surface area contributed by atoms with Crippen LogP contribution in [0.1, 0.15) is 43.0 Å². The molecule has 26 heavy (non-hydrogen) atoms. The number of anilines is 1. The molecule has 0 aromatic heterocycles. The van der Waals surface area contributed by atoms with Gasteiger partial charge in [-0.1, -0.05) is 22.0 Å². The number of methoxy groups -OCH3 is 1. The van der Waals surface area contributed by atoms with E-state index < -0.39 is 0 Å².